The lowest BCUT2D eigenvalue weighted by atomic mass is 10.1. The van der Waals surface area contributed by atoms with Crippen LogP contribution < -0.4 is 5.32 Å². The number of nitrogens with one attached hydrogen (secondary N) is 1. The lowest BCUT2D eigenvalue weighted by molar-refractivity contribution is -0.139. The molecule has 2 heterocycles. The van der Waals surface area contributed by atoms with Crippen LogP contribution in [0.2, 0.25) is 0 Å². The Morgan fingerprint density at radius 1 is 1.30 bits per heavy atom. The van der Waals surface area contributed by atoms with Gasteiger partial charge >= 0.3 is 12.2 Å². The van der Waals surface area contributed by atoms with Crippen LogP contribution in [0.15, 0.2) is 18.2 Å². The highest BCUT2D eigenvalue weighted by Gasteiger charge is 2.34. The Hall–Kier alpha value is -2.99. The maximum atomic E-state index is 13.5. The van der Waals surface area contributed by atoms with E-state index in [2.05, 4.69) is 10.4 Å². The van der Waals surface area contributed by atoms with Crippen molar-refractivity contribution in [2.75, 3.05) is 39.6 Å². The minimum absolute atomic E-state index is 0.107. The molecule has 1 aromatic carbocycles. The number of aryl methyl sites for hydroxylation is 1. The van der Waals surface area contributed by atoms with E-state index in [4.69, 9.17) is 5.11 Å². The number of aldehydes is 1. The molecule has 0 radical (unpaired) electrons. The zero-order chi connectivity index (χ0) is 24.8. The SMILES string of the molecule is CN(C)CCCn1nc2c(c1C=O)CN(C(=O)Nc1ccc(F)c(C(F)(F)F)c1)CC2.CO. The van der Waals surface area contributed by atoms with Gasteiger partial charge in [-0.15, -0.1) is 0 Å². The number of aliphatic hydroxyl groups is 1. The highest BCUT2D eigenvalue weighted by atomic mass is 19.4. The Bertz CT molecular complexity index is 976. The van der Waals surface area contributed by atoms with E-state index in [0.717, 1.165) is 31.8 Å². The van der Waals surface area contributed by atoms with Gasteiger partial charge in [0.05, 0.1) is 17.8 Å². The quantitative estimate of drug-likeness (QED) is 0.497. The van der Waals surface area contributed by atoms with Crippen molar-refractivity contribution < 1.29 is 32.3 Å². The van der Waals surface area contributed by atoms with Gasteiger partial charge in [-0.2, -0.15) is 18.3 Å². The van der Waals surface area contributed by atoms with Gasteiger partial charge in [0, 0.05) is 37.9 Å². The molecule has 1 aliphatic rings. The van der Waals surface area contributed by atoms with Crippen LogP contribution in [0.25, 0.3) is 0 Å². The average molecular weight is 473 g/mol. The molecule has 8 nitrogen and oxygen atoms in total. The molecule has 182 valence electrons. The molecule has 0 fully saturated rings. The Morgan fingerprint density at radius 2 is 2.00 bits per heavy atom. The normalized spacial score (nSPS) is 13.3. The summed E-state index contributed by atoms with van der Waals surface area (Å²) in [7, 11) is 4.90. The Balaban J connectivity index is 0.00000187. The third-order valence-electron chi connectivity index (χ3n) is 5.04. The third kappa shape index (κ3) is 6.51. The average Bonchev–Trinajstić information content (AvgIpc) is 3.11. The number of urea groups is 1. The van der Waals surface area contributed by atoms with Gasteiger partial charge in [-0.25, -0.2) is 9.18 Å². The maximum Gasteiger partial charge on any atom is 0.419 e. The molecule has 0 aliphatic carbocycles. The van der Waals surface area contributed by atoms with Gasteiger partial charge in [0.2, 0.25) is 0 Å². The Kier molecular flexibility index (Phi) is 8.94. The number of rotatable bonds is 6. The van der Waals surface area contributed by atoms with E-state index in [9.17, 15) is 27.2 Å². The number of halogens is 4. The predicted molar refractivity (Wildman–Crippen MR) is 113 cm³/mol. The molecule has 1 aromatic heterocycles. The Morgan fingerprint density at radius 3 is 2.61 bits per heavy atom. The largest absolute Gasteiger partial charge is 0.419 e. The summed E-state index contributed by atoms with van der Waals surface area (Å²) >= 11 is 0. The van der Waals surface area contributed by atoms with Gasteiger partial charge in [-0.1, -0.05) is 0 Å². The van der Waals surface area contributed by atoms with Gasteiger partial charge < -0.3 is 20.2 Å². The fraction of sp³-hybridized carbons (Fsp3) is 0.476. The number of aliphatic hydroxyl groups excluding tert-OH is 1. The molecular formula is C21H27F4N5O3. The second kappa shape index (κ2) is 11.2. The lowest BCUT2D eigenvalue weighted by Crippen LogP contribution is -2.39. The molecule has 3 rings (SSSR count). The van der Waals surface area contributed by atoms with E-state index in [1.54, 1.807) is 4.68 Å². The highest BCUT2D eigenvalue weighted by molar-refractivity contribution is 5.90. The second-order valence-corrected chi connectivity index (χ2v) is 7.60. The van der Waals surface area contributed by atoms with Crippen LogP contribution in [-0.4, -0.2) is 71.3 Å². The topological polar surface area (TPSA) is 90.7 Å². The van der Waals surface area contributed by atoms with Crippen LogP contribution in [0.5, 0.6) is 0 Å². The van der Waals surface area contributed by atoms with Crippen molar-refractivity contribution in [1.29, 1.82) is 0 Å². The minimum Gasteiger partial charge on any atom is -0.400 e. The minimum atomic E-state index is -4.87. The van der Waals surface area contributed by atoms with Gasteiger partial charge in [-0.05, 0) is 45.3 Å². The molecule has 0 atom stereocenters. The number of aromatic nitrogens is 2. The number of benzene rings is 1. The second-order valence-electron chi connectivity index (χ2n) is 7.60. The first-order chi connectivity index (χ1) is 15.6. The van der Waals surface area contributed by atoms with E-state index in [-0.39, 0.29) is 12.2 Å². The number of amides is 2. The molecule has 2 aromatic rings. The van der Waals surface area contributed by atoms with Crippen molar-refractivity contribution in [3.05, 3.63) is 46.5 Å². The first kappa shape index (κ1) is 26.3. The molecule has 1 aliphatic heterocycles. The predicted octanol–water partition coefficient (Wildman–Crippen LogP) is 3.00. The number of carbonyl (C=O) groups is 2. The number of nitrogens with zero attached hydrogens (tertiary/aromatic N) is 4. The van der Waals surface area contributed by atoms with E-state index in [1.807, 2.05) is 19.0 Å². The van der Waals surface area contributed by atoms with E-state index in [1.165, 1.54) is 4.90 Å². The molecule has 0 unspecified atom stereocenters. The molecule has 0 saturated carbocycles. The molecule has 0 saturated heterocycles. The van der Waals surface area contributed by atoms with E-state index >= 15 is 0 Å². The fourth-order valence-electron chi connectivity index (χ4n) is 3.48. The summed E-state index contributed by atoms with van der Waals surface area (Å²) in [4.78, 5) is 27.7. The van der Waals surface area contributed by atoms with Crippen LogP contribution in [0.4, 0.5) is 28.0 Å². The smallest absolute Gasteiger partial charge is 0.400 e. The molecule has 12 heteroatoms. The van der Waals surface area contributed by atoms with Gasteiger partial charge in [0.25, 0.3) is 0 Å². The highest BCUT2D eigenvalue weighted by Crippen LogP contribution is 2.33. The van der Waals surface area contributed by atoms with Crippen molar-refractivity contribution in [3.63, 3.8) is 0 Å². The molecular weight excluding hydrogens is 446 g/mol. The number of anilines is 1. The van der Waals surface area contributed by atoms with E-state index < -0.39 is 23.6 Å². The third-order valence-corrected chi connectivity index (χ3v) is 5.04. The van der Waals surface area contributed by atoms with Gasteiger partial charge in [0.15, 0.2) is 6.29 Å². The van der Waals surface area contributed by atoms with Crippen molar-refractivity contribution in [2.45, 2.75) is 32.1 Å². The summed E-state index contributed by atoms with van der Waals surface area (Å²) in [6, 6.07) is 1.65. The summed E-state index contributed by atoms with van der Waals surface area (Å²) in [6.07, 6.45) is -2.95. The molecule has 2 amide bonds. The van der Waals surface area contributed by atoms with Gasteiger partial charge in [-0.3, -0.25) is 9.48 Å². The summed E-state index contributed by atoms with van der Waals surface area (Å²) in [5, 5.41) is 13.9. The lowest BCUT2D eigenvalue weighted by Gasteiger charge is -2.27. The standard InChI is InChI=1S/C20H23F4N5O2.CH4O/c1-27(2)7-3-8-29-18(12-30)14-11-28(9-6-17(14)26-29)19(31)25-13-4-5-16(21)15(10-13)20(22,23)24;1-2/h4-5,10,12H,3,6-9,11H2,1-2H3,(H,25,31);2H,1H3. The molecule has 0 bridgehead atoms. The molecule has 33 heavy (non-hydrogen) atoms. The van der Waals surface area contributed by atoms with Crippen molar-refractivity contribution in [3.8, 4) is 0 Å². The van der Waals surface area contributed by atoms with Crippen LogP contribution in [0, 0.1) is 5.82 Å². The zero-order valence-corrected chi connectivity index (χ0v) is 18.6. The number of hydrogen-bond acceptors (Lipinski definition) is 5. The van der Waals surface area contributed by atoms with Crippen LogP contribution in [0.1, 0.15) is 33.7 Å². The van der Waals surface area contributed by atoms with Crippen molar-refractivity contribution >= 4 is 18.0 Å². The molecule has 2 N–H and O–H groups in total. The molecule has 0 spiro atoms. The van der Waals surface area contributed by atoms with E-state index in [0.29, 0.717) is 49.2 Å². The Labute approximate surface area is 188 Å². The number of fused-ring (bicyclic) bond motifs is 1. The first-order valence-electron chi connectivity index (χ1n) is 10.2. The number of carbonyl (C=O) groups excluding carboxylic acids is 2. The number of alkyl halides is 3. The van der Waals surface area contributed by atoms with Crippen molar-refractivity contribution in [1.82, 2.24) is 19.6 Å². The van der Waals surface area contributed by atoms with Crippen LogP contribution in [-0.2, 0) is 25.7 Å². The number of hydrogen-bond donors (Lipinski definition) is 2. The monoisotopic (exact) mass is 473 g/mol. The maximum absolute atomic E-state index is 13.5. The zero-order valence-electron chi connectivity index (χ0n) is 18.6. The fourth-order valence-corrected chi connectivity index (χ4v) is 3.48. The summed E-state index contributed by atoms with van der Waals surface area (Å²) in [5.74, 6) is -1.41. The van der Waals surface area contributed by atoms with Crippen LogP contribution in [0.3, 0.4) is 0 Å². The summed E-state index contributed by atoms with van der Waals surface area (Å²) < 4.78 is 53.8. The summed E-state index contributed by atoms with van der Waals surface area (Å²) in [6.45, 7) is 1.78. The summed E-state index contributed by atoms with van der Waals surface area (Å²) in [5.41, 5.74) is 0.147. The first-order valence-corrected chi connectivity index (χ1v) is 10.2. The van der Waals surface area contributed by atoms with Crippen molar-refractivity contribution in [2.24, 2.45) is 0 Å². The van der Waals surface area contributed by atoms with Gasteiger partial charge in [0.1, 0.15) is 11.5 Å². The van der Waals surface area contributed by atoms with Crippen LogP contribution >= 0.6 is 0 Å².